The van der Waals surface area contributed by atoms with Gasteiger partial charge in [-0.25, -0.2) is 4.99 Å². The van der Waals surface area contributed by atoms with Gasteiger partial charge in [0.25, 0.3) is 0 Å². The highest BCUT2D eigenvalue weighted by molar-refractivity contribution is 8.02. The molecule has 2 aromatic rings. The number of thioether (sulfide) groups is 1. The van der Waals surface area contributed by atoms with Crippen molar-refractivity contribution in [2.75, 3.05) is 6.26 Å². The Morgan fingerprint density at radius 3 is 2.30 bits per heavy atom. The van der Waals surface area contributed by atoms with Crippen molar-refractivity contribution in [3.05, 3.63) is 100 Å². The van der Waals surface area contributed by atoms with Crippen LogP contribution in [0.5, 0.6) is 0 Å². The summed E-state index contributed by atoms with van der Waals surface area (Å²) in [4.78, 5) is 4.59. The molecule has 0 amide bonds. The number of allylic oxidation sites excluding steroid dienone is 2. The van der Waals surface area contributed by atoms with Crippen LogP contribution in [0.2, 0.25) is 5.02 Å². The minimum absolute atomic E-state index is 0.733. The highest BCUT2D eigenvalue weighted by atomic mass is 35.5. The Balaban J connectivity index is 2.58. The standard InChI is InChI=1S/C24H24ClNS/c1-7-19-12-11-15-21(24(19)25)16(3)20(8-2)23-14-10-9-13-22(23)17(4)26-18(5)27-6/h9-15H,2-3,5,7H2,1,4,6H3/b26-17+. The van der Waals surface area contributed by atoms with Crippen LogP contribution in [0.15, 0.2) is 78.0 Å². The Kier molecular flexibility index (Phi) is 7.50. The van der Waals surface area contributed by atoms with Crippen molar-refractivity contribution in [1.82, 2.24) is 0 Å². The zero-order chi connectivity index (χ0) is 20.0. The summed E-state index contributed by atoms with van der Waals surface area (Å²) in [6, 6.07) is 14.1. The zero-order valence-corrected chi connectivity index (χ0v) is 17.7. The van der Waals surface area contributed by atoms with Gasteiger partial charge in [-0.1, -0.05) is 80.7 Å². The van der Waals surface area contributed by atoms with Crippen molar-refractivity contribution < 1.29 is 0 Å². The summed E-state index contributed by atoms with van der Waals surface area (Å²) in [6.07, 6.45) is 2.83. The van der Waals surface area contributed by atoms with Crippen molar-refractivity contribution in [2.24, 2.45) is 4.99 Å². The fraction of sp³-hybridized carbons (Fsp3) is 0.167. The monoisotopic (exact) mass is 393 g/mol. The molecule has 0 bridgehead atoms. The molecular formula is C24H24ClNS. The van der Waals surface area contributed by atoms with Crippen molar-refractivity contribution in [2.45, 2.75) is 20.3 Å². The lowest BCUT2D eigenvalue weighted by atomic mass is 9.89. The summed E-state index contributed by atoms with van der Waals surface area (Å²) in [6.45, 7) is 16.2. The van der Waals surface area contributed by atoms with Gasteiger partial charge in [0, 0.05) is 22.4 Å². The van der Waals surface area contributed by atoms with Crippen molar-refractivity contribution >= 4 is 40.2 Å². The highest BCUT2D eigenvalue weighted by Gasteiger charge is 2.16. The molecule has 2 rings (SSSR count). The molecule has 0 saturated heterocycles. The second-order valence-corrected chi connectivity index (χ2v) is 7.26. The van der Waals surface area contributed by atoms with Gasteiger partial charge in [0.05, 0.1) is 10.1 Å². The van der Waals surface area contributed by atoms with E-state index in [1.165, 1.54) is 11.8 Å². The average molecular weight is 394 g/mol. The van der Waals surface area contributed by atoms with E-state index >= 15 is 0 Å². The zero-order valence-electron chi connectivity index (χ0n) is 16.1. The van der Waals surface area contributed by atoms with Crippen LogP contribution in [-0.2, 0) is 6.42 Å². The van der Waals surface area contributed by atoms with Crippen LogP contribution in [0.25, 0.3) is 11.1 Å². The van der Waals surface area contributed by atoms with Crippen molar-refractivity contribution in [1.29, 1.82) is 0 Å². The lowest BCUT2D eigenvalue weighted by Gasteiger charge is -2.16. The largest absolute Gasteiger partial charge is 0.247 e. The molecule has 0 aliphatic carbocycles. The number of halogens is 1. The molecule has 0 N–H and O–H groups in total. The third kappa shape index (κ3) is 4.73. The first kappa shape index (κ1) is 21.1. The Labute approximate surface area is 171 Å². The summed E-state index contributed by atoms with van der Waals surface area (Å²) in [5, 5.41) is 1.50. The number of nitrogens with zero attached hydrogens (tertiary/aromatic N) is 1. The predicted molar refractivity (Wildman–Crippen MR) is 124 cm³/mol. The normalized spacial score (nSPS) is 11.0. The third-order valence-electron chi connectivity index (χ3n) is 4.38. The minimum Gasteiger partial charge on any atom is -0.247 e. The second-order valence-electron chi connectivity index (χ2n) is 6.00. The minimum atomic E-state index is 0.733. The number of benzene rings is 2. The topological polar surface area (TPSA) is 12.4 Å². The van der Waals surface area contributed by atoms with Gasteiger partial charge >= 0.3 is 0 Å². The second kappa shape index (κ2) is 9.62. The van der Waals surface area contributed by atoms with Gasteiger partial charge in [-0.15, -0.1) is 17.5 Å². The molecule has 3 heteroatoms. The molecule has 2 aromatic carbocycles. The number of hydrogen-bond acceptors (Lipinski definition) is 2. The van der Waals surface area contributed by atoms with Gasteiger partial charge < -0.3 is 0 Å². The van der Waals surface area contributed by atoms with Crippen LogP contribution in [0, 0.1) is 0 Å². The van der Waals surface area contributed by atoms with Crippen LogP contribution in [0.4, 0.5) is 0 Å². The van der Waals surface area contributed by atoms with Gasteiger partial charge in [0.2, 0.25) is 0 Å². The summed E-state index contributed by atoms with van der Waals surface area (Å²) in [5.74, 6) is 0. The lowest BCUT2D eigenvalue weighted by molar-refractivity contribution is 1.14. The average Bonchev–Trinajstić information content (AvgIpc) is 2.68. The lowest BCUT2D eigenvalue weighted by Crippen LogP contribution is -2.02. The van der Waals surface area contributed by atoms with E-state index in [9.17, 15) is 0 Å². The Bertz CT molecular complexity index is 962. The summed E-state index contributed by atoms with van der Waals surface area (Å²) < 4.78 is 0. The maximum absolute atomic E-state index is 6.62. The van der Waals surface area contributed by atoms with Gasteiger partial charge in [0.15, 0.2) is 0 Å². The third-order valence-corrected chi connectivity index (χ3v) is 5.39. The van der Waals surface area contributed by atoms with Crippen LogP contribution in [-0.4, -0.2) is 12.0 Å². The van der Waals surface area contributed by atoms with E-state index in [1.54, 1.807) is 0 Å². The quantitative estimate of drug-likeness (QED) is 0.270. The number of aliphatic imine (C=N–C) groups is 1. The molecule has 1 nitrogen and oxygen atoms in total. The van der Waals surface area contributed by atoms with Crippen molar-refractivity contribution in [3.8, 4) is 0 Å². The summed E-state index contributed by atoms with van der Waals surface area (Å²) >= 11 is 8.15. The first-order chi connectivity index (χ1) is 12.9. The summed E-state index contributed by atoms with van der Waals surface area (Å²) in [7, 11) is 0. The fourth-order valence-corrected chi connectivity index (χ4v) is 3.50. The molecule has 138 valence electrons. The van der Waals surface area contributed by atoms with Gasteiger partial charge in [-0.05, 0) is 36.3 Å². The maximum Gasteiger partial charge on any atom is 0.0888 e. The van der Waals surface area contributed by atoms with Crippen LogP contribution in [0.3, 0.4) is 0 Å². The van der Waals surface area contributed by atoms with Crippen LogP contribution in [0.1, 0.15) is 36.1 Å². The molecule has 0 aromatic heterocycles. The smallest absolute Gasteiger partial charge is 0.0888 e. The van der Waals surface area contributed by atoms with E-state index < -0.39 is 0 Å². The van der Waals surface area contributed by atoms with Crippen LogP contribution < -0.4 is 0 Å². The van der Waals surface area contributed by atoms with Gasteiger partial charge in [-0.3, -0.25) is 0 Å². The van der Waals surface area contributed by atoms with E-state index in [-0.39, 0.29) is 0 Å². The molecule has 0 spiro atoms. The first-order valence-electron chi connectivity index (χ1n) is 8.69. The molecule has 0 atom stereocenters. The highest BCUT2D eigenvalue weighted by Crippen LogP contribution is 2.36. The van der Waals surface area contributed by atoms with Crippen LogP contribution >= 0.6 is 23.4 Å². The van der Waals surface area contributed by atoms with E-state index in [0.29, 0.717) is 0 Å². The van der Waals surface area contributed by atoms with E-state index in [2.05, 4.69) is 37.4 Å². The van der Waals surface area contributed by atoms with Gasteiger partial charge in [-0.2, -0.15) is 0 Å². The Morgan fingerprint density at radius 2 is 1.70 bits per heavy atom. The molecule has 0 aliphatic rings. The number of rotatable bonds is 7. The fourth-order valence-electron chi connectivity index (χ4n) is 2.89. The van der Waals surface area contributed by atoms with Gasteiger partial charge in [0.1, 0.15) is 0 Å². The molecule has 0 radical (unpaired) electrons. The molecule has 0 saturated carbocycles. The molecule has 0 fully saturated rings. The number of hydrogen-bond donors (Lipinski definition) is 0. The molecule has 0 aliphatic heterocycles. The molecule has 0 heterocycles. The van der Waals surface area contributed by atoms with E-state index in [1.807, 2.05) is 55.6 Å². The molecule has 27 heavy (non-hydrogen) atoms. The predicted octanol–water partition coefficient (Wildman–Crippen LogP) is 7.43. The SMILES string of the molecule is C=C=C(C(=C)c1cccc(CC)c1Cl)c1ccccc1/C(C)=N/C(=C)SC. The molecule has 0 unspecified atom stereocenters. The first-order valence-corrected chi connectivity index (χ1v) is 10.3. The Hall–Kier alpha value is -2.25. The van der Waals surface area contributed by atoms with Crippen molar-refractivity contribution in [3.63, 3.8) is 0 Å². The Morgan fingerprint density at radius 1 is 1.07 bits per heavy atom. The van der Waals surface area contributed by atoms with E-state index in [4.69, 9.17) is 11.6 Å². The summed E-state index contributed by atoms with van der Waals surface area (Å²) in [5.41, 5.74) is 9.56. The van der Waals surface area contributed by atoms with E-state index in [0.717, 1.165) is 55.6 Å². The number of aryl methyl sites for hydroxylation is 1. The maximum atomic E-state index is 6.62. The molecular weight excluding hydrogens is 370 g/mol.